The highest BCUT2D eigenvalue weighted by atomic mass is 32.1. The van der Waals surface area contributed by atoms with Crippen LogP contribution in [0.4, 0.5) is 28.8 Å². The summed E-state index contributed by atoms with van der Waals surface area (Å²) in [4.78, 5) is 25.9. The molecule has 4 rings (SSSR count). The van der Waals surface area contributed by atoms with E-state index in [0.717, 1.165) is 34.6 Å². The minimum Gasteiger partial charge on any atom is -0.497 e. The molecule has 3 N–H and O–H groups in total. The number of halogens is 3. The largest absolute Gasteiger partial charge is 0.497 e. The molecule has 0 bridgehead atoms. The maximum atomic E-state index is 13.3. The summed E-state index contributed by atoms with van der Waals surface area (Å²) < 4.78 is 45.2. The fraction of sp³-hybridized carbons (Fsp3) is 0.154. The van der Waals surface area contributed by atoms with Crippen molar-refractivity contribution in [2.45, 2.75) is 18.6 Å². The maximum Gasteiger partial charge on any atom is 0.418 e. The number of urea groups is 1. The molecular formula is C26H22F3N5O3S. The smallest absolute Gasteiger partial charge is 0.418 e. The summed E-state index contributed by atoms with van der Waals surface area (Å²) in [5.74, 6) is 0.0231. The van der Waals surface area contributed by atoms with Gasteiger partial charge in [0.2, 0.25) is 11.0 Å². The van der Waals surface area contributed by atoms with Crippen LogP contribution in [0.25, 0.3) is 10.6 Å². The van der Waals surface area contributed by atoms with Gasteiger partial charge in [0, 0.05) is 12.0 Å². The third-order valence-corrected chi connectivity index (χ3v) is 6.24. The molecule has 0 aliphatic rings. The topological polar surface area (TPSA) is 105 Å². The van der Waals surface area contributed by atoms with Gasteiger partial charge in [0.25, 0.3) is 0 Å². The zero-order valence-corrected chi connectivity index (χ0v) is 20.8. The third kappa shape index (κ3) is 6.85. The van der Waals surface area contributed by atoms with E-state index in [4.69, 9.17) is 4.74 Å². The van der Waals surface area contributed by atoms with Gasteiger partial charge in [0.1, 0.15) is 16.8 Å². The Morgan fingerprint density at radius 3 is 2.42 bits per heavy atom. The second kappa shape index (κ2) is 11.7. The normalized spacial score (nSPS) is 11.9. The third-order valence-electron chi connectivity index (χ3n) is 5.36. The van der Waals surface area contributed by atoms with Gasteiger partial charge in [-0.1, -0.05) is 65.9 Å². The Bertz CT molecular complexity index is 1410. The zero-order valence-electron chi connectivity index (χ0n) is 20.0. The first-order valence-corrected chi connectivity index (χ1v) is 12.1. The van der Waals surface area contributed by atoms with Crippen LogP contribution in [0.3, 0.4) is 0 Å². The van der Waals surface area contributed by atoms with Crippen LogP contribution in [0.15, 0.2) is 78.9 Å². The van der Waals surface area contributed by atoms with Crippen LogP contribution in [0, 0.1) is 0 Å². The quantitative estimate of drug-likeness (QED) is 0.269. The minimum atomic E-state index is -4.66. The number of anilines is 2. The average Bonchev–Trinajstić information content (AvgIpc) is 3.37. The molecule has 8 nitrogen and oxygen atoms in total. The number of rotatable bonds is 8. The highest BCUT2D eigenvalue weighted by Gasteiger charge is 2.34. The molecule has 12 heteroatoms. The second-order valence-electron chi connectivity index (χ2n) is 8.02. The van der Waals surface area contributed by atoms with E-state index in [2.05, 4.69) is 26.1 Å². The number of amides is 3. The van der Waals surface area contributed by atoms with Crippen molar-refractivity contribution in [3.63, 3.8) is 0 Å². The van der Waals surface area contributed by atoms with Crippen LogP contribution < -0.4 is 20.7 Å². The van der Waals surface area contributed by atoms with Crippen molar-refractivity contribution in [3.8, 4) is 16.3 Å². The summed E-state index contributed by atoms with van der Waals surface area (Å²) >= 11 is 1.12. The van der Waals surface area contributed by atoms with Crippen molar-refractivity contribution < 1.29 is 27.5 Å². The van der Waals surface area contributed by atoms with Crippen LogP contribution in [0.5, 0.6) is 5.75 Å². The molecule has 1 heterocycles. The SMILES string of the molecule is COc1cccc(-c2nnc(NC(=O)C(Cc3ccccc3)NC(=O)Nc3ccccc3C(F)(F)F)s2)c1. The summed E-state index contributed by atoms with van der Waals surface area (Å²) in [5.41, 5.74) is 0.0450. The average molecular weight is 542 g/mol. The number of methoxy groups -OCH3 is 1. The van der Waals surface area contributed by atoms with Crippen molar-refractivity contribution >= 4 is 34.1 Å². The lowest BCUT2D eigenvalue weighted by Crippen LogP contribution is -2.47. The number of alkyl halides is 3. The fourth-order valence-electron chi connectivity index (χ4n) is 3.55. The van der Waals surface area contributed by atoms with Gasteiger partial charge in [-0.05, 0) is 29.8 Å². The first-order chi connectivity index (χ1) is 18.2. The molecule has 3 aromatic carbocycles. The Hall–Kier alpha value is -4.45. The van der Waals surface area contributed by atoms with Gasteiger partial charge in [0.15, 0.2) is 0 Å². The number of ether oxygens (including phenoxy) is 1. The molecule has 0 saturated heterocycles. The molecule has 1 aromatic heterocycles. The van der Waals surface area contributed by atoms with E-state index < -0.39 is 35.4 Å². The van der Waals surface area contributed by atoms with Crippen molar-refractivity contribution in [1.82, 2.24) is 15.5 Å². The summed E-state index contributed by atoms with van der Waals surface area (Å²) in [5, 5.41) is 16.1. The lowest BCUT2D eigenvalue weighted by atomic mass is 10.1. The van der Waals surface area contributed by atoms with Crippen molar-refractivity contribution in [2.75, 3.05) is 17.7 Å². The van der Waals surface area contributed by atoms with E-state index >= 15 is 0 Å². The van der Waals surface area contributed by atoms with E-state index in [1.165, 1.54) is 12.1 Å². The molecule has 1 unspecified atom stereocenters. The zero-order chi connectivity index (χ0) is 27.1. The number of aromatic nitrogens is 2. The number of para-hydroxylation sites is 1. The van der Waals surface area contributed by atoms with E-state index in [1.807, 2.05) is 6.07 Å². The number of benzene rings is 3. The Kier molecular flexibility index (Phi) is 8.22. The van der Waals surface area contributed by atoms with Crippen molar-refractivity contribution in [3.05, 3.63) is 90.0 Å². The molecule has 3 amide bonds. The minimum absolute atomic E-state index is 0.0859. The first kappa shape index (κ1) is 26.6. The van der Waals surface area contributed by atoms with Crippen LogP contribution >= 0.6 is 11.3 Å². The van der Waals surface area contributed by atoms with Crippen molar-refractivity contribution in [2.24, 2.45) is 0 Å². The Labute approximate surface area is 219 Å². The standard InChI is InChI=1S/C26H22F3N5O3S/c1-37-18-11-7-10-17(15-18)23-33-34-25(38-23)32-22(35)21(14-16-8-3-2-4-9-16)31-24(36)30-20-13-6-5-12-19(20)26(27,28)29/h2-13,15,21H,14H2,1H3,(H2,30,31,36)(H,32,34,35). The van der Waals surface area contributed by atoms with Crippen LogP contribution in [0.1, 0.15) is 11.1 Å². The second-order valence-corrected chi connectivity index (χ2v) is 9.00. The summed E-state index contributed by atoms with van der Waals surface area (Å²) in [7, 11) is 1.54. The van der Waals surface area contributed by atoms with Gasteiger partial charge in [-0.3, -0.25) is 10.1 Å². The number of nitrogens with zero attached hydrogens (tertiary/aromatic N) is 2. The Morgan fingerprint density at radius 2 is 1.68 bits per heavy atom. The fourth-order valence-corrected chi connectivity index (χ4v) is 4.30. The molecule has 0 radical (unpaired) electrons. The van der Waals surface area contributed by atoms with E-state index in [1.54, 1.807) is 55.6 Å². The van der Waals surface area contributed by atoms with Gasteiger partial charge in [0.05, 0.1) is 18.4 Å². The predicted molar refractivity (Wildman–Crippen MR) is 138 cm³/mol. The molecule has 1 atom stereocenters. The number of carbonyl (C=O) groups excluding carboxylic acids is 2. The highest BCUT2D eigenvalue weighted by molar-refractivity contribution is 7.18. The summed E-state index contributed by atoms with van der Waals surface area (Å²) in [6.45, 7) is 0. The molecule has 196 valence electrons. The summed E-state index contributed by atoms with van der Waals surface area (Å²) in [6, 6.07) is 18.5. The first-order valence-electron chi connectivity index (χ1n) is 11.3. The number of hydrogen-bond donors (Lipinski definition) is 3. The highest BCUT2D eigenvalue weighted by Crippen LogP contribution is 2.34. The number of carbonyl (C=O) groups is 2. The Morgan fingerprint density at radius 1 is 0.947 bits per heavy atom. The van der Waals surface area contributed by atoms with Crippen molar-refractivity contribution in [1.29, 1.82) is 0 Å². The maximum absolute atomic E-state index is 13.3. The molecule has 0 aliphatic carbocycles. The molecule has 4 aromatic rings. The lowest BCUT2D eigenvalue weighted by molar-refractivity contribution is -0.137. The monoisotopic (exact) mass is 541 g/mol. The molecule has 0 spiro atoms. The van der Waals surface area contributed by atoms with Gasteiger partial charge < -0.3 is 15.4 Å². The lowest BCUT2D eigenvalue weighted by Gasteiger charge is -2.19. The molecule has 0 saturated carbocycles. The van der Waals surface area contributed by atoms with Gasteiger partial charge in [-0.25, -0.2) is 4.79 Å². The molecule has 0 fully saturated rings. The Balaban J connectivity index is 1.50. The predicted octanol–water partition coefficient (Wildman–Crippen LogP) is 5.60. The van der Waals surface area contributed by atoms with E-state index in [0.29, 0.717) is 10.8 Å². The summed E-state index contributed by atoms with van der Waals surface area (Å²) in [6.07, 6.45) is -4.58. The van der Waals surface area contributed by atoms with Gasteiger partial charge in [-0.2, -0.15) is 13.2 Å². The van der Waals surface area contributed by atoms with Crippen LogP contribution in [-0.4, -0.2) is 35.3 Å². The van der Waals surface area contributed by atoms with Gasteiger partial charge in [-0.15, -0.1) is 10.2 Å². The molecule has 0 aliphatic heterocycles. The molecule has 38 heavy (non-hydrogen) atoms. The van der Waals surface area contributed by atoms with Gasteiger partial charge >= 0.3 is 12.2 Å². The number of hydrogen-bond acceptors (Lipinski definition) is 6. The van der Waals surface area contributed by atoms with E-state index in [9.17, 15) is 22.8 Å². The molecular weight excluding hydrogens is 519 g/mol. The van der Waals surface area contributed by atoms with Crippen LogP contribution in [-0.2, 0) is 17.4 Å². The van der Waals surface area contributed by atoms with E-state index in [-0.39, 0.29) is 11.6 Å². The van der Waals surface area contributed by atoms with Crippen LogP contribution in [0.2, 0.25) is 0 Å². The number of nitrogens with one attached hydrogen (secondary N) is 3.